The molecule has 1 unspecified atom stereocenters. The van der Waals surface area contributed by atoms with Crippen molar-refractivity contribution in [3.63, 3.8) is 0 Å². The highest BCUT2D eigenvalue weighted by Gasteiger charge is 2.21. The molecule has 1 saturated heterocycles. The number of carbonyl (C=O) groups excluding carboxylic acids is 1. The number of piperazine rings is 1. The average Bonchev–Trinajstić information content (AvgIpc) is 2.36. The van der Waals surface area contributed by atoms with Crippen LogP contribution in [0.4, 0.5) is 4.79 Å². The Hall–Kier alpha value is -1.34. The van der Waals surface area contributed by atoms with Crippen LogP contribution in [-0.2, 0) is 4.79 Å². The third-order valence-electron chi connectivity index (χ3n) is 3.06. The van der Waals surface area contributed by atoms with Gasteiger partial charge in [0.15, 0.2) is 0 Å². The lowest BCUT2D eigenvalue weighted by molar-refractivity contribution is -0.140. The summed E-state index contributed by atoms with van der Waals surface area (Å²) >= 11 is 0. The Kier molecular flexibility index (Phi) is 5.87. The molecule has 2 amide bonds. The summed E-state index contributed by atoms with van der Waals surface area (Å²) in [6.07, 6.45) is 0. The van der Waals surface area contributed by atoms with Crippen LogP contribution in [0.25, 0.3) is 0 Å². The van der Waals surface area contributed by atoms with Crippen LogP contribution in [0.3, 0.4) is 0 Å². The molecule has 1 aliphatic rings. The number of aliphatic carboxylic acids is 1. The minimum atomic E-state index is -0.914. The summed E-state index contributed by atoms with van der Waals surface area (Å²) in [6, 6.07) is -0.216. The summed E-state index contributed by atoms with van der Waals surface area (Å²) in [7, 11) is 0. The lowest BCUT2D eigenvalue weighted by Crippen LogP contribution is -2.52. The third-order valence-corrected chi connectivity index (χ3v) is 3.06. The van der Waals surface area contributed by atoms with Gasteiger partial charge in [-0.05, 0) is 0 Å². The van der Waals surface area contributed by atoms with Crippen LogP contribution >= 0.6 is 0 Å². The Bertz CT molecular complexity index is 290. The smallest absolute Gasteiger partial charge is 0.317 e. The first-order valence-electron chi connectivity index (χ1n) is 6.13. The third kappa shape index (κ3) is 4.50. The van der Waals surface area contributed by atoms with Gasteiger partial charge >= 0.3 is 12.0 Å². The maximum Gasteiger partial charge on any atom is 0.317 e. The van der Waals surface area contributed by atoms with Gasteiger partial charge in [-0.2, -0.15) is 0 Å². The summed E-state index contributed by atoms with van der Waals surface area (Å²) in [5.41, 5.74) is 0. The number of nitrogens with zero attached hydrogens (tertiary/aromatic N) is 2. The second kappa shape index (κ2) is 7.17. The van der Waals surface area contributed by atoms with E-state index in [1.165, 1.54) is 0 Å². The normalized spacial score (nSPS) is 18.4. The number of carboxylic acid groups (broad SMARTS) is 1. The van der Waals surface area contributed by atoms with Gasteiger partial charge in [0.2, 0.25) is 0 Å². The molecule has 1 fully saturated rings. The predicted molar refractivity (Wildman–Crippen MR) is 65.3 cm³/mol. The minimum absolute atomic E-state index is 0.127. The molecule has 0 aromatic rings. The van der Waals surface area contributed by atoms with E-state index in [0.29, 0.717) is 19.6 Å². The van der Waals surface area contributed by atoms with Crippen molar-refractivity contribution in [2.75, 3.05) is 45.9 Å². The first-order chi connectivity index (χ1) is 8.54. The lowest BCUT2D eigenvalue weighted by Gasteiger charge is -2.34. The molecule has 7 nitrogen and oxygen atoms in total. The molecule has 104 valence electrons. The number of carboxylic acids is 1. The van der Waals surface area contributed by atoms with Crippen LogP contribution in [0.5, 0.6) is 0 Å². The molecule has 0 aromatic carbocycles. The fraction of sp³-hybridized carbons (Fsp3) is 0.818. The maximum absolute atomic E-state index is 11.7. The van der Waals surface area contributed by atoms with Gasteiger partial charge in [0.1, 0.15) is 0 Å². The molecule has 0 aromatic heterocycles. The number of aliphatic hydroxyl groups is 1. The number of hydrogen-bond acceptors (Lipinski definition) is 4. The fourth-order valence-electron chi connectivity index (χ4n) is 1.76. The summed E-state index contributed by atoms with van der Waals surface area (Å²) in [5.74, 6) is -1.49. The van der Waals surface area contributed by atoms with Crippen LogP contribution in [0.15, 0.2) is 0 Å². The fourth-order valence-corrected chi connectivity index (χ4v) is 1.76. The number of aliphatic hydroxyl groups excluding tert-OH is 1. The predicted octanol–water partition coefficient (Wildman–Crippen LogP) is -0.973. The van der Waals surface area contributed by atoms with Gasteiger partial charge in [0.25, 0.3) is 0 Å². The van der Waals surface area contributed by atoms with Crippen LogP contribution in [-0.4, -0.2) is 77.9 Å². The maximum atomic E-state index is 11.7. The van der Waals surface area contributed by atoms with Gasteiger partial charge in [-0.3, -0.25) is 9.69 Å². The summed E-state index contributed by atoms with van der Waals surface area (Å²) in [5, 5.41) is 20.1. The number of β-amino-alcohol motifs (C(OH)–C–C–N with tert-alkyl or cyclic N) is 1. The van der Waals surface area contributed by atoms with Gasteiger partial charge in [-0.1, -0.05) is 6.92 Å². The van der Waals surface area contributed by atoms with E-state index >= 15 is 0 Å². The van der Waals surface area contributed by atoms with E-state index in [1.54, 1.807) is 11.8 Å². The zero-order valence-corrected chi connectivity index (χ0v) is 10.6. The largest absolute Gasteiger partial charge is 0.481 e. The highest BCUT2D eigenvalue weighted by molar-refractivity contribution is 5.76. The Morgan fingerprint density at radius 3 is 2.39 bits per heavy atom. The van der Waals surface area contributed by atoms with Crippen molar-refractivity contribution in [3.05, 3.63) is 0 Å². The van der Waals surface area contributed by atoms with E-state index in [4.69, 9.17) is 10.2 Å². The van der Waals surface area contributed by atoms with Gasteiger partial charge in [0.05, 0.1) is 12.5 Å². The quantitative estimate of drug-likeness (QED) is 0.590. The molecule has 0 spiro atoms. The Balaban J connectivity index is 2.25. The molecule has 1 aliphatic heterocycles. The molecule has 1 rings (SSSR count). The van der Waals surface area contributed by atoms with E-state index < -0.39 is 11.9 Å². The Morgan fingerprint density at radius 2 is 1.89 bits per heavy atom. The van der Waals surface area contributed by atoms with Gasteiger partial charge in [-0.25, -0.2) is 4.79 Å². The van der Waals surface area contributed by atoms with Crippen LogP contribution in [0.1, 0.15) is 6.92 Å². The average molecular weight is 259 g/mol. The van der Waals surface area contributed by atoms with Gasteiger partial charge < -0.3 is 20.4 Å². The number of carbonyl (C=O) groups is 2. The van der Waals surface area contributed by atoms with Crippen LogP contribution in [0.2, 0.25) is 0 Å². The van der Waals surface area contributed by atoms with Crippen molar-refractivity contribution >= 4 is 12.0 Å². The van der Waals surface area contributed by atoms with Gasteiger partial charge in [-0.15, -0.1) is 0 Å². The van der Waals surface area contributed by atoms with Crippen molar-refractivity contribution < 1.29 is 19.8 Å². The molecule has 0 bridgehead atoms. The molecule has 0 radical (unpaired) electrons. The second-order valence-corrected chi connectivity index (χ2v) is 4.48. The number of urea groups is 1. The topological polar surface area (TPSA) is 93.1 Å². The minimum Gasteiger partial charge on any atom is -0.481 e. The zero-order chi connectivity index (χ0) is 13.5. The second-order valence-electron chi connectivity index (χ2n) is 4.48. The monoisotopic (exact) mass is 259 g/mol. The standard InChI is InChI=1S/C11H21N3O4/c1-9(10(16)17)8-12-11(18)14-4-2-13(3-5-14)6-7-15/h9,15H,2-8H2,1H3,(H,12,18)(H,16,17). The first kappa shape index (κ1) is 14.7. The van der Waals surface area contributed by atoms with E-state index in [1.807, 2.05) is 0 Å². The molecule has 1 atom stereocenters. The highest BCUT2D eigenvalue weighted by Crippen LogP contribution is 2.02. The Morgan fingerprint density at radius 1 is 1.28 bits per heavy atom. The molecular weight excluding hydrogens is 238 g/mol. The van der Waals surface area contributed by atoms with Crippen LogP contribution in [0, 0.1) is 5.92 Å². The molecule has 0 aliphatic carbocycles. The summed E-state index contributed by atoms with van der Waals surface area (Å²) in [6.45, 7) is 5.14. The lowest BCUT2D eigenvalue weighted by atomic mass is 10.2. The molecule has 1 heterocycles. The zero-order valence-electron chi connectivity index (χ0n) is 10.6. The van der Waals surface area contributed by atoms with E-state index in [0.717, 1.165) is 13.1 Å². The van der Waals surface area contributed by atoms with E-state index in [9.17, 15) is 9.59 Å². The SMILES string of the molecule is CC(CNC(=O)N1CCN(CCO)CC1)C(=O)O. The van der Waals surface area contributed by atoms with Crippen molar-refractivity contribution in [3.8, 4) is 0 Å². The first-order valence-corrected chi connectivity index (χ1v) is 6.13. The number of nitrogens with one attached hydrogen (secondary N) is 1. The molecule has 3 N–H and O–H groups in total. The molecule has 0 saturated carbocycles. The van der Waals surface area contributed by atoms with Crippen molar-refractivity contribution in [2.24, 2.45) is 5.92 Å². The van der Waals surface area contributed by atoms with E-state index in [2.05, 4.69) is 10.2 Å². The van der Waals surface area contributed by atoms with Gasteiger partial charge in [0, 0.05) is 39.3 Å². The van der Waals surface area contributed by atoms with Crippen molar-refractivity contribution in [1.82, 2.24) is 15.1 Å². The van der Waals surface area contributed by atoms with Crippen molar-refractivity contribution in [1.29, 1.82) is 0 Å². The number of amides is 2. The number of hydrogen-bond donors (Lipinski definition) is 3. The summed E-state index contributed by atoms with van der Waals surface area (Å²) < 4.78 is 0. The number of rotatable bonds is 5. The van der Waals surface area contributed by atoms with Crippen molar-refractivity contribution in [2.45, 2.75) is 6.92 Å². The van der Waals surface area contributed by atoms with E-state index in [-0.39, 0.29) is 19.2 Å². The highest BCUT2D eigenvalue weighted by atomic mass is 16.4. The molecule has 7 heteroatoms. The Labute approximate surface area is 106 Å². The molecule has 18 heavy (non-hydrogen) atoms. The summed E-state index contributed by atoms with van der Waals surface area (Å²) in [4.78, 5) is 26.1. The molecular formula is C11H21N3O4. The van der Waals surface area contributed by atoms with Crippen LogP contribution < -0.4 is 5.32 Å².